The fourth-order valence-corrected chi connectivity index (χ4v) is 0.250. The first-order valence-electron chi connectivity index (χ1n) is 3.45. The molecular weight excluding hydrogens is 136 g/mol. The highest BCUT2D eigenvalue weighted by Crippen LogP contribution is 2.15. The van der Waals surface area contributed by atoms with Gasteiger partial charge in [0.25, 0.3) is 0 Å². The van der Waals surface area contributed by atoms with E-state index >= 15 is 0 Å². The van der Waals surface area contributed by atoms with Crippen molar-refractivity contribution in [2.45, 2.75) is 39.0 Å². The van der Waals surface area contributed by atoms with Crippen LogP contribution in [0, 0.1) is 0 Å². The lowest BCUT2D eigenvalue weighted by Gasteiger charge is -2.05. The van der Waals surface area contributed by atoms with Gasteiger partial charge < -0.3 is 0 Å². The Morgan fingerprint density at radius 1 is 1.33 bits per heavy atom. The van der Waals surface area contributed by atoms with E-state index in [-0.39, 0.29) is 5.24 Å². The Morgan fingerprint density at radius 3 is 1.56 bits per heavy atom. The van der Waals surface area contributed by atoms with Crippen LogP contribution >= 0.6 is 11.6 Å². The molecule has 1 aliphatic rings. The van der Waals surface area contributed by atoms with Crippen molar-refractivity contribution in [2.75, 3.05) is 0 Å². The van der Waals surface area contributed by atoms with E-state index in [9.17, 15) is 4.79 Å². The monoisotopic (exact) mass is 148 g/mol. The maximum atomic E-state index is 9.58. The zero-order chi connectivity index (χ0) is 7.11. The van der Waals surface area contributed by atoms with Gasteiger partial charge in [-0.3, -0.25) is 4.79 Å². The van der Waals surface area contributed by atoms with E-state index in [1.165, 1.54) is 25.7 Å². The lowest BCUT2D eigenvalue weighted by atomic mass is 10.0. The summed E-state index contributed by atoms with van der Waals surface area (Å²) < 4.78 is 0. The Labute approximate surface area is 61.4 Å². The number of carbonyl (C=O) groups excluding carboxylic acids is 1. The van der Waals surface area contributed by atoms with E-state index in [0.29, 0.717) is 6.42 Å². The number of rotatable bonds is 1. The van der Waals surface area contributed by atoms with Gasteiger partial charge in [-0.1, -0.05) is 32.6 Å². The van der Waals surface area contributed by atoms with Crippen molar-refractivity contribution in [2.24, 2.45) is 0 Å². The third-order valence-corrected chi connectivity index (χ3v) is 1.55. The fraction of sp³-hybridized carbons (Fsp3) is 0.857. The second kappa shape index (κ2) is 6.09. The summed E-state index contributed by atoms with van der Waals surface area (Å²) in [6.45, 7) is 1.72. The highest BCUT2D eigenvalue weighted by Gasteiger charge is 1.95. The molecule has 0 aliphatic heterocycles. The van der Waals surface area contributed by atoms with Gasteiger partial charge in [-0.05, 0) is 11.6 Å². The summed E-state index contributed by atoms with van der Waals surface area (Å²) in [7, 11) is 0. The molecule has 54 valence electrons. The zero-order valence-electron chi connectivity index (χ0n) is 5.82. The molecule has 0 aromatic rings. The first kappa shape index (κ1) is 8.96. The number of halogens is 1. The van der Waals surface area contributed by atoms with E-state index in [1.807, 2.05) is 0 Å². The number of carbonyl (C=O) groups is 1. The van der Waals surface area contributed by atoms with Crippen LogP contribution in [0.1, 0.15) is 39.0 Å². The molecule has 0 radical (unpaired) electrons. The first-order chi connectivity index (χ1) is 4.27. The molecule has 2 heteroatoms. The Balaban J connectivity index is 0.000000144. The number of hydrogen-bond acceptors (Lipinski definition) is 1. The lowest BCUT2D eigenvalue weighted by Crippen LogP contribution is -1.85. The third-order valence-electron chi connectivity index (χ3n) is 1.28. The molecule has 0 heterocycles. The van der Waals surface area contributed by atoms with Crippen LogP contribution in [0.15, 0.2) is 0 Å². The Hall–Kier alpha value is -0.0400. The molecule has 1 aliphatic carbocycles. The standard InChI is InChI=1S/C4H8.C3H5ClO/c1-2-4-3-1;1-2-3(4)5/h1-4H2;2H2,1H3. The molecule has 0 aromatic heterocycles. The smallest absolute Gasteiger partial charge is 0.221 e. The predicted molar refractivity (Wildman–Crippen MR) is 39.6 cm³/mol. The van der Waals surface area contributed by atoms with Crippen molar-refractivity contribution in [1.29, 1.82) is 0 Å². The van der Waals surface area contributed by atoms with E-state index in [0.717, 1.165) is 0 Å². The van der Waals surface area contributed by atoms with Gasteiger partial charge in [0, 0.05) is 6.42 Å². The van der Waals surface area contributed by atoms with Gasteiger partial charge in [0.05, 0.1) is 0 Å². The predicted octanol–water partition coefficient (Wildman–Crippen LogP) is 2.72. The molecule has 0 unspecified atom stereocenters. The normalized spacial score (nSPS) is 14.9. The molecule has 0 bridgehead atoms. The van der Waals surface area contributed by atoms with E-state index < -0.39 is 0 Å². The molecule has 0 saturated heterocycles. The minimum atomic E-state index is -0.273. The molecule has 1 nitrogen and oxygen atoms in total. The lowest BCUT2D eigenvalue weighted by molar-refractivity contribution is -0.111. The van der Waals surface area contributed by atoms with E-state index in [4.69, 9.17) is 11.6 Å². The Morgan fingerprint density at radius 2 is 1.56 bits per heavy atom. The van der Waals surface area contributed by atoms with Gasteiger partial charge in [0.2, 0.25) is 5.24 Å². The van der Waals surface area contributed by atoms with Crippen LogP contribution in [0.25, 0.3) is 0 Å². The molecule has 0 aromatic carbocycles. The summed E-state index contributed by atoms with van der Waals surface area (Å²) in [5.74, 6) is 0. The maximum Gasteiger partial charge on any atom is 0.221 e. The van der Waals surface area contributed by atoms with Crippen molar-refractivity contribution < 1.29 is 4.79 Å². The highest BCUT2D eigenvalue weighted by molar-refractivity contribution is 6.63. The van der Waals surface area contributed by atoms with Crippen LogP contribution in [-0.4, -0.2) is 5.24 Å². The first-order valence-corrected chi connectivity index (χ1v) is 3.83. The van der Waals surface area contributed by atoms with Gasteiger partial charge in [-0.2, -0.15) is 0 Å². The van der Waals surface area contributed by atoms with Crippen molar-refractivity contribution in [1.82, 2.24) is 0 Å². The topological polar surface area (TPSA) is 17.1 Å². The molecule has 0 N–H and O–H groups in total. The summed E-state index contributed by atoms with van der Waals surface area (Å²) in [5.41, 5.74) is 0. The summed E-state index contributed by atoms with van der Waals surface area (Å²) in [6.07, 6.45) is 6.43. The summed E-state index contributed by atoms with van der Waals surface area (Å²) in [6, 6.07) is 0. The minimum Gasteiger partial charge on any atom is -0.281 e. The molecular formula is C7H13ClO. The largest absolute Gasteiger partial charge is 0.281 e. The second-order valence-corrected chi connectivity index (χ2v) is 2.54. The highest BCUT2D eigenvalue weighted by atomic mass is 35.5. The SMILES string of the molecule is C1CCC1.CCC(=O)Cl. The fourth-order valence-electron chi connectivity index (χ4n) is 0.250. The van der Waals surface area contributed by atoms with Gasteiger partial charge in [-0.25, -0.2) is 0 Å². The van der Waals surface area contributed by atoms with E-state index in [1.54, 1.807) is 6.92 Å². The van der Waals surface area contributed by atoms with Gasteiger partial charge in [-0.15, -0.1) is 0 Å². The van der Waals surface area contributed by atoms with Crippen molar-refractivity contribution in [3.8, 4) is 0 Å². The second-order valence-electron chi connectivity index (χ2n) is 2.12. The van der Waals surface area contributed by atoms with E-state index in [2.05, 4.69) is 0 Å². The molecule has 0 atom stereocenters. The van der Waals surface area contributed by atoms with Gasteiger partial charge in [0.15, 0.2) is 0 Å². The molecule has 1 saturated carbocycles. The Bertz CT molecular complexity index is 73.0. The molecule has 9 heavy (non-hydrogen) atoms. The van der Waals surface area contributed by atoms with Crippen LogP contribution in [0.5, 0.6) is 0 Å². The van der Waals surface area contributed by atoms with Crippen molar-refractivity contribution >= 4 is 16.8 Å². The molecule has 1 fully saturated rings. The average molecular weight is 149 g/mol. The molecule has 0 spiro atoms. The van der Waals surface area contributed by atoms with Gasteiger partial charge >= 0.3 is 0 Å². The maximum absolute atomic E-state index is 9.58. The molecule has 0 amide bonds. The van der Waals surface area contributed by atoms with Crippen molar-refractivity contribution in [3.63, 3.8) is 0 Å². The van der Waals surface area contributed by atoms with Crippen LogP contribution in [-0.2, 0) is 4.79 Å². The van der Waals surface area contributed by atoms with Crippen LogP contribution < -0.4 is 0 Å². The summed E-state index contributed by atoms with van der Waals surface area (Å²) in [4.78, 5) is 9.58. The molecule has 1 rings (SSSR count). The van der Waals surface area contributed by atoms with Crippen LogP contribution in [0.2, 0.25) is 0 Å². The quantitative estimate of drug-likeness (QED) is 0.523. The van der Waals surface area contributed by atoms with Crippen LogP contribution in [0.4, 0.5) is 0 Å². The Kier molecular flexibility index (Phi) is 6.06. The van der Waals surface area contributed by atoms with Crippen molar-refractivity contribution in [3.05, 3.63) is 0 Å². The third kappa shape index (κ3) is 7.96. The summed E-state index contributed by atoms with van der Waals surface area (Å²) >= 11 is 4.82. The number of hydrogen-bond donors (Lipinski definition) is 0. The zero-order valence-corrected chi connectivity index (χ0v) is 6.58. The summed E-state index contributed by atoms with van der Waals surface area (Å²) in [5, 5.41) is -0.273. The van der Waals surface area contributed by atoms with Gasteiger partial charge in [0.1, 0.15) is 0 Å². The minimum absolute atomic E-state index is 0.273. The van der Waals surface area contributed by atoms with Crippen LogP contribution in [0.3, 0.4) is 0 Å². The average Bonchev–Trinajstić information content (AvgIpc) is 1.61.